The van der Waals surface area contributed by atoms with Gasteiger partial charge in [0.25, 0.3) is 5.91 Å². The van der Waals surface area contributed by atoms with Crippen molar-refractivity contribution in [2.24, 2.45) is 0 Å². The molecule has 1 saturated heterocycles. The van der Waals surface area contributed by atoms with Gasteiger partial charge in [-0.1, -0.05) is 45.0 Å². The van der Waals surface area contributed by atoms with Crippen molar-refractivity contribution < 1.29 is 18.8 Å². The van der Waals surface area contributed by atoms with Gasteiger partial charge in [-0.15, -0.1) is 0 Å². The van der Waals surface area contributed by atoms with Crippen molar-refractivity contribution in [3.05, 3.63) is 70.5 Å². The fraction of sp³-hybridized carbons (Fsp3) is 0.348. The normalized spacial score (nSPS) is 18.8. The summed E-state index contributed by atoms with van der Waals surface area (Å²) in [7, 11) is 0. The summed E-state index contributed by atoms with van der Waals surface area (Å²) in [6.45, 7) is 5.41. The minimum absolute atomic E-state index is 0.272. The van der Waals surface area contributed by atoms with E-state index in [9.17, 15) is 18.8 Å². The van der Waals surface area contributed by atoms with E-state index >= 15 is 0 Å². The zero-order valence-corrected chi connectivity index (χ0v) is 16.9. The highest BCUT2D eigenvalue weighted by Crippen LogP contribution is 2.32. The highest BCUT2D eigenvalue weighted by molar-refractivity contribution is 6.11. The minimum atomic E-state index is -1.29. The highest BCUT2D eigenvalue weighted by Gasteiger charge is 2.51. The summed E-state index contributed by atoms with van der Waals surface area (Å²) in [6, 6.07) is 10.6. The molecule has 0 radical (unpaired) electrons. The number of benzene rings is 2. The van der Waals surface area contributed by atoms with Gasteiger partial charge in [-0.2, -0.15) is 0 Å². The summed E-state index contributed by atoms with van der Waals surface area (Å²) < 4.78 is 13.3. The average molecular weight is 396 g/mol. The molecule has 1 atom stereocenters. The summed E-state index contributed by atoms with van der Waals surface area (Å²) in [6.07, 6.45) is 1.76. The number of amides is 3. The fourth-order valence-corrected chi connectivity index (χ4v) is 3.78. The van der Waals surface area contributed by atoms with E-state index in [4.69, 9.17) is 0 Å². The van der Waals surface area contributed by atoms with Crippen LogP contribution in [0.4, 0.5) is 9.18 Å². The van der Waals surface area contributed by atoms with Crippen LogP contribution in [-0.4, -0.2) is 29.2 Å². The van der Waals surface area contributed by atoms with Gasteiger partial charge in [-0.3, -0.25) is 14.5 Å². The van der Waals surface area contributed by atoms with Crippen LogP contribution in [0.2, 0.25) is 0 Å². The molecule has 3 amide bonds. The van der Waals surface area contributed by atoms with Crippen LogP contribution >= 0.6 is 0 Å². The number of aryl methyl sites for hydroxylation is 2. The second-order valence-corrected chi connectivity index (χ2v) is 7.21. The number of urea groups is 1. The van der Waals surface area contributed by atoms with E-state index in [0.29, 0.717) is 24.0 Å². The molecule has 1 aliphatic rings. The van der Waals surface area contributed by atoms with Gasteiger partial charge in [0.1, 0.15) is 11.4 Å². The second kappa shape index (κ2) is 8.15. The molecule has 0 unspecified atom stereocenters. The van der Waals surface area contributed by atoms with Crippen molar-refractivity contribution in [3.63, 3.8) is 0 Å². The molecule has 1 aliphatic heterocycles. The van der Waals surface area contributed by atoms with Gasteiger partial charge in [0, 0.05) is 5.56 Å². The Labute approximate surface area is 169 Å². The van der Waals surface area contributed by atoms with E-state index in [2.05, 4.69) is 5.32 Å². The Morgan fingerprint density at radius 2 is 1.72 bits per heavy atom. The molecule has 0 spiro atoms. The van der Waals surface area contributed by atoms with Crippen LogP contribution < -0.4 is 5.32 Å². The van der Waals surface area contributed by atoms with Gasteiger partial charge in [0.15, 0.2) is 5.78 Å². The van der Waals surface area contributed by atoms with Crippen LogP contribution in [0, 0.1) is 5.82 Å². The van der Waals surface area contributed by atoms with Crippen LogP contribution in [0.3, 0.4) is 0 Å². The first-order chi connectivity index (χ1) is 13.9. The third kappa shape index (κ3) is 3.67. The summed E-state index contributed by atoms with van der Waals surface area (Å²) in [5.41, 5.74) is 1.67. The molecule has 3 rings (SSSR count). The number of Topliss-reactive ketones (excluding diaryl/α,β-unsaturated/α-hetero) is 1. The van der Waals surface area contributed by atoms with Crippen molar-refractivity contribution in [1.29, 1.82) is 0 Å². The largest absolute Gasteiger partial charge is 0.325 e. The number of imide groups is 1. The topological polar surface area (TPSA) is 66.5 Å². The van der Waals surface area contributed by atoms with Crippen molar-refractivity contribution in [1.82, 2.24) is 10.2 Å². The van der Waals surface area contributed by atoms with Crippen molar-refractivity contribution in [3.8, 4) is 0 Å². The standard InChI is InChI=1S/C23H25FN2O3/c1-4-15-7-8-16(5-2)19(13-15)20(27)14-26-21(28)23(6-3,25-22(26)29)17-9-11-18(24)12-10-17/h7-13H,4-6,14H2,1-3H3,(H,25,29)/t23-/m1/s1. The Morgan fingerprint density at radius 1 is 1.03 bits per heavy atom. The first-order valence-electron chi connectivity index (χ1n) is 9.91. The summed E-state index contributed by atoms with van der Waals surface area (Å²) in [5, 5.41) is 2.72. The quantitative estimate of drug-likeness (QED) is 0.568. The Morgan fingerprint density at radius 3 is 2.31 bits per heavy atom. The number of hydrogen-bond donors (Lipinski definition) is 1. The monoisotopic (exact) mass is 396 g/mol. The van der Waals surface area contributed by atoms with Gasteiger partial charge < -0.3 is 5.32 Å². The van der Waals surface area contributed by atoms with E-state index in [1.54, 1.807) is 6.92 Å². The van der Waals surface area contributed by atoms with Crippen LogP contribution in [0.15, 0.2) is 42.5 Å². The molecule has 5 nitrogen and oxygen atoms in total. The summed E-state index contributed by atoms with van der Waals surface area (Å²) >= 11 is 0. The van der Waals surface area contributed by atoms with E-state index < -0.39 is 23.3 Å². The molecule has 0 saturated carbocycles. The lowest BCUT2D eigenvalue weighted by atomic mass is 9.87. The Hall–Kier alpha value is -3.02. The SMILES string of the molecule is CCc1ccc(CC)c(C(=O)CN2C(=O)N[C@](CC)(c3ccc(F)cc3)C2=O)c1. The van der Waals surface area contributed by atoms with Crippen LogP contribution in [0.5, 0.6) is 0 Å². The third-order valence-electron chi connectivity index (χ3n) is 5.61. The number of nitrogens with one attached hydrogen (secondary N) is 1. The lowest BCUT2D eigenvalue weighted by molar-refractivity contribution is -0.131. The smallest absolute Gasteiger partial charge is 0.319 e. The molecule has 6 heteroatoms. The summed E-state index contributed by atoms with van der Waals surface area (Å²) in [4.78, 5) is 39.8. The first kappa shape index (κ1) is 20.7. The molecule has 1 fully saturated rings. The molecule has 29 heavy (non-hydrogen) atoms. The second-order valence-electron chi connectivity index (χ2n) is 7.21. The maximum absolute atomic E-state index is 13.3. The lowest BCUT2D eigenvalue weighted by Crippen LogP contribution is -2.43. The predicted molar refractivity (Wildman–Crippen MR) is 108 cm³/mol. The molecular weight excluding hydrogens is 371 g/mol. The van der Waals surface area contributed by atoms with E-state index in [-0.39, 0.29) is 12.3 Å². The fourth-order valence-electron chi connectivity index (χ4n) is 3.78. The van der Waals surface area contributed by atoms with Gasteiger partial charge in [-0.05, 0) is 54.2 Å². The third-order valence-corrected chi connectivity index (χ3v) is 5.61. The number of carbonyl (C=O) groups excluding carboxylic acids is 3. The predicted octanol–water partition coefficient (Wildman–Crippen LogP) is 3.99. The Balaban J connectivity index is 1.90. The Kier molecular flexibility index (Phi) is 5.82. The zero-order valence-electron chi connectivity index (χ0n) is 16.9. The van der Waals surface area contributed by atoms with Gasteiger partial charge in [0.2, 0.25) is 0 Å². The molecular formula is C23H25FN2O3. The molecule has 0 bridgehead atoms. The molecule has 1 heterocycles. The number of ketones is 1. The molecule has 0 aliphatic carbocycles. The van der Waals surface area contributed by atoms with E-state index in [1.807, 2.05) is 32.0 Å². The number of carbonyl (C=O) groups is 3. The molecule has 152 valence electrons. The van der Waals surface area contributed by atoms with Crippen molar-refractivity contribution in [2.75, 3.05) is 6.54 Å². The molecule has 2 aromatic carbocycles. The van der Waals surface area contributed by atoms with Crippen LogP contribution in [0.1, 0.15) is 54.2 Å². The Bertz CT molecular complexity index is 955. The van der Waals surface area contributed by atoms with Crippen molar-refractivity contribution in [2.45, 2.75) is 45.6 Å². The van der Waals surface area contributed by atoms with Gasteiger partial charge in [0.05, 0.1) is 6.54 Å². The van der Waals surface area contributed by atoms with Crippen molar-refractivity contribution >= 4 is 17.7 Å². The maximum Gasteiger partial charge on any atom is 0.325 e. The zero-order chi connectivity index (χ0) is 21.2. The minimum Gasteiger partial charge on any atom is -0.319 e. The van der Waals surface area contributed by atoms with Gasteiger partial charge in [-0.25, -0.2) is 9.18 Å². The summed E-state index contributed by atoms with van der Waals surface area (Å²) in [5.74, 6) is -1.19. The maximum atomic E-state index is 13.3. The number of rotatable bonds is 7. The number of nitrogens with zero attached hydrogens (tertiary/aromatic N) is 1. The molecule has 1 N–H and O–H groups in total. The molecule has 0 aromatic heterocycles. The lowest BCUT2D eigenvalue weighted by Gasteiger charge is -2.25. The average Bonchev–Trinajstić information content (AvgIpc) is 2.98. The highest BCUT2D eigenvalue weighted by atomic mass is 19.1. The van der Waals surface area contributed by atoms with Crippen LogP contribution in [0.25, 0.3) is 0 Å². The van der Waals surface area contributed by atoms with Gasteiger partial charge >= 0.3 is 6.03 Å². The number of hydrogen-bond acceptors (Lipinski definition) is 3. The van der Waals surface area contributed by atoms with E-state index in [1.165, 1.54) is 24.3 Å². The van der Waals surface area contributed by atoms with E-state index in [0.717, 1.165) is 22.4 Å². The van der Waals surface area contributed by atoms with Crippen LogP contribution in [-0.2, 0) is 23.2 Å². The first-order valence-corrected chi connectivity index (χ1v) is 9.91. The molecule has 2 aromatic rings. The number of halogens is 1.